The SMILES string of the molecule is CCn1c(Cn2nc(-c3ccc(F)cc3)oc2=O)nc2cc(S(=O)(=O)N(C)C)ccc21. The maximum Gasteiger partial charge on any atom is 0.437 e. The molecule has 0 amide bonds. The fourth-order valence-corrected chi connectivity index (χ4v) is 4.18. The molecule has 4 aromatic rings. The van der Waals surface area contributed by atoms with Crippen molar-refractivity contribution in [1.29, 1.82) is 0 Å². The predicted molar refractivity (Wildman–Crippen MR) is 112 cm³/mol. The Bertz CT molecular complexity index is 1420. The number of fused-ring (bicyclic) bond motifs is 1. The van der Waals surface area contributed by atoms with Gasteiger partial charge in [-0.1, -0.05) is 0 Å². The van der Waals surface area contributed by atoms with Gasteiger partial charge in [0.05, 0.1) is 15.9 Å². The maximum absolute atomic E-state index is 13.1. The Kier molecular flexibility index (Phi) is 5.23. The molecule has 0 radical (unpaired) electrons. The van der Waals surface area contributed by atoms with Gasteiger partial charge in [0, 0.05) is 26.2 Å². The topological polar surface area (TPSA) is 103 Å². The maximum atomic E-state index is 13.1. The van der Waals surface area contributed by atoms with Crippen molar-refractivity contribution in [1.82, 2.24) is 23.6 Å². The van der Waals surface area contributed by atoms with Gasteiger partial charge in [-0.2, -0.15) is 4.68 Å². The Morgan fingerprint density at radius 1 is 1.13 bits per heavy atom. The summed E-state index contributed by atoms with van der Waals surface area (Å²) in [5.41, 5.74) is 1.71. The molecule has 4 rings (SSSR count). The molecule has 0 saturated carbocycles. The van der Waals surface area contributed by atoms with Gasteiger partial charge < -0.3 is 8.98 Å². The lowest BCUT2D eigenvalue weighted by atomic mass is 10.2. The van der Waals surface area contributed by atoms with Crippen LogP contribution in [0.25, 0.3) is 22.5 Å². The molecule has 0 saturated heterocycles. The average molecular weight is 445 g/mol. The normalized spacial score (nSPS) is 12.2. The van der Waals surface area contributed by atoms with Gasteiger partial charge in [-0.05, 0) is 49.4 Å². The number of hydrogen-bond acceptors (Lipinski definition) is 6. The van der Waals surface area contributed by atoms with Crippen LogP contribution in [0.15, 0.2) is 56.6 Å². The standard InChI is InChI=1S/C20H20FN5O4S/c1-4-25-17-10-9-15(31(28,29)24(2)3)11-16(17)22-18(25)12-26-20(27)30-19(23-26)13-5-7-14(21)8-6-13/h5-11H,4,12H2,1-3H3. The zero-order valence-electron chi connectivity index (χ0n) is 17.1. The minimum absolute atomic E-state index is 0.0296. The Balaban J connectivity index is 1.73. The zero-order valence-corrected chi connectivity index (χ0v) is 17.9. The van der Waals surface area contributed by atoms with Gasteiger partial charge >= 0.3 is 5.76 Å². The van der Waals surface area contributed by atoms with E-state index in [1.54, 1.807) is 6.07 Å². The second-order valence-corrected chi connectivity index (χ2v) is 9.20. The van der Waals surface area contributed by atoms with Crippen LogP contribution in [0.4, 0.5) is 4.39 Å². The highest BCUT2D eigenvalue weighted by Crippen LogP contribution is 2.23. The third-order valence-electron chi connectivity index (χ3n) is 4.88. The third kappa shape index (κ3) is 3.77. The van der Waals surface area contributed by atoms with Crippen LogP contribution in [-0.4, -0.2) is 46.1 Å². The minimum atomic E-state index is -3.60. The monoisotopic (exact) mass is 445 g/mol. The molecule has 0 aliphatic carbocycles. The van der Waals surface area contributed by atoms with Crippen LogP contribution in [0, 0.1) is 5.82 Å². The van der Waals surface area contributed by atoms with Crippen LogP contribution in [0.5, 0.6) is 0 Å². The van der Waals surface area contributed by atoms with Crippen molar-refractivity contribution in [3.8, 4) is 11.5 Å². The highest BCUT2D eigenvalue weighted by atomic mass is 32.2. The summed E-state index contributed by atoms with van der Waals surface area (Å²) in [4.78, 5) is 17.0. The number of halogens is 1. The van der Waals surface area contributed by atoms with Crippen molar-refractivity contribution >= 4 is 21.1 Å². The van der Waals surface area contributed by atoms with Crippen molar-refractivity contribution in [2.24, 2.45) is 0 Å². The molecule has 0 N–H and O–H groups in total. The highest BCUT2D eigenvalue weighted by molar-refractivity contribution is 7.89. The highest BCUT2D eigenvalue weighted by Gasteiger charge is 2.20. The number of sulfonamides is 1. The average Bonchev–Trinajstić information content (AvgIpc) is 3.27. The largest absolute Gasteiger partial charge is 0.437 e. The first kappa shape index (κ1) is 20.9. The van der Waals surface area contributed by atoms with E-state index >= 15 is 0 Å². The number of benzene rings is 2. The lowest BCUT2D eigenvalue weighted by Crippen LogP contribution is -2.22. The molecule has 0 spiro atoms. The fraction of sp³-hybridized carbons (Fsp3) is 0.250. The molecule has 0 aliphatic heterocycles. The molecule has 162 valence electrons. The van der Waals surface area contributed by atoms with Gasteiger partial charge in [0.15, 0.2) is 0 Å². The van der Waals surface area contributed by atoms with Gasteiger partial charge in [0.2, 0.25) is 15.9 Å². The zero-order chi connectivity index (χ0) is 22.3. The van der Waals surface area contributed by atoms with Crippen LogP contribution < -0.4 is 5.76 Å². The van der Waals surface area contributed by atoms with E-state index in [4.69, 9.17) is 4.42 Å². The van der Waals surface area contributed by atoms with E-state index < -0.39 is 21.6 Å². The summed E-state index contributed by atoms with van der Waals surface area (Å²) >= 11 is 0. The third-order valence-corrected chi connectivity index (χ3v) is 6.69. The Morgan fingerprint density at radius 2 is 1.84 bits per heavy atom. The summed E-state index contributed by atoms with van der Waals surface area (Å²) in [7, 11) is -0.673. The van der Waals surface area contributed by atoms with Crippen LogP contribution in [0.3, 0.4) is 0 Å². The lowest BCUT2D eigenvalue weighted by molar-refractivity contribution is 0.487. The number of aromatic nitrogens is 4. The van der Waals surface area contributed by atoms with Gasteiger partial charge in [0.25, 0.3) is 0 Å². The van der Waals surface area contributed by atoms with E-state index in [2.05, 4.69) is 10.1 Å². The molecule has 9 nitrogen and oxygen atoms in total. The molecular weight excluding hydrogens is 425 g/mol. The molecule has 2 heterocycles. The number of hydrogen-bond donors (Lipinski definition) is 0. The van der Waals surface area contributed by atoms with Crippen LogP contribution in [-0.2, 0) is 23.1 Å². The summed E-state index contributed by atoms with van der Waals surface area (Å²) < 4.78 is 47.3. The van der Waals surface area contributed by atoms with Gasteiger partial charge in [0.1, 0.15) is 18.2 Å². The number of imidazole rings is 1. The van der Waals surface area contributed by atoms with Crippen molar-refractivity contribution in [2.45, 2.75) is 24.9 Å². The summed E-state index contributed by atoms with van der Waals surface area (Å²) in [6.45, 7) is 2.51. The first-order chi connectivity index (χ1) is 14.7. The summed E-state index contributed by atoms with van der Waals surface area (Å²) in [6, 6.07) is 10.2. The number of nitrogens with zero attached hydrogens (tertiary/aromatic N) is 5. The molecule has 11 heteroatoms. The Morgan fingerprint density at radius 3 is 2.48 bits per heavy atom. The summed E-state index contributed by atoms with van der Waals surface area (Å²) in [5.74, 6) is -0.482. The van der Waals surface area contributed by atoms with Gasteiger partial charge in [-0.15, -0.1) is 5.10 Å². The quantitative estimate of drug-likeness (QED) is 0.451. The fourth-order valence-electron chi connectivity index (χ4n) is 3.25. The van der Waals surface area contributed by atoms with Crippen molar-refractivity contribution < 1.29 is 17.2 Å². The summed E-state index contributed by atoms with van der Waals surface area (Å²) in [5, 5.41) is 4.19. The predicted octanol–water partition coefficient (Wildman–Crippen LogP) is 2.31. The van der Waals surface area contributed by atoms with Crippen molar-refractivity contribution in [3.05, 3.63) is 64.7 Å². The Hall–Kier alpha value is -3.31. The summed E-state index contributed by atoms with van der Waals surface area (Å²) in [6.07, 6.45) is 0. The number of aryl methyl sites for hydroxylation is 1. The smallest absolute Gasteiger partial charge is 0.388 e. The number of rotatable bonds is 6. The van der Waals surface area contributed by atoms with Crippen LogP contribution >= 0.6 is 0 Å². The van der Waals surface area contributed by atoms with Gasteiger partial charge in [-0.25, -0.2) is 26.9 Å². The molecule has 2 aromatic carbocycles. The van der Waals surface area contributed by atoms with Crippen molar-refractivity contribution in [3.63, 3.8) is 0 Å². The van der Waals surface area contributed by atoms with Gasteiger partial charge in [-0.3, -0.25) is 0 Å². The van der Waals surface area contributed by atoms with E-state index in [-0.39, 0.29) is 17.3 Å². The van der Waals surface area contributed by atoms with E-state index in [1.807, 2.05) is 11.5 Å². The first-order valence-electron chi connectivity index (χ1n) is 9.46. The molecule has 0 aliphatic rings. The first-order valence-corrected chi connectivity index (χ1v) is 10.9. The minimum Gasteiger partial charge on any atom is -0.388 e. The molecule has 0 fully saturated rings. The van der Waals surface area contributed by atoms with E-state index in [0.29, 0.717) is 23.4 Å². The van der Waals surface area contributed by atoms with Crippen molar-refractivity contribution in [2.75, 3.05) is 14.1 Å². The van der Waals surface area contributed by atoms with Crippen LogP contribution in [0.1, 0.15) is 12.7 Å². The second kappa shape index (κ2) is 7.75. The van der Waals surface area contributed by atoms with E-state index in [0.717, 1.165) is 14.5 Å². The molecule has 31 heavy (non-hydrogen) atoms. The molecule has 0 bridgehead atoms. The lowest BCUT2D eigenvalue weighted by Gasteiger charge is -2.11. The second-order valence-electron chi connectivity index (χ2n) is 7.05. The molecule has 0 atom stereocenters. The van der Waals surface area contributed by atoms with E-state index in [9.17, 15) is 17.6 Å². The van der Waals surface area contributed by atoms with E-state index in [1.165, 1.54) is 50.5 Å². The molecule has 0 unspecified atom stereocenters. The molecule has 2 aromatic heterocycles. The molecular formula is C20H20FN5O4S. The Labute approximate surface area is 177 Å². The van der Waals surface area contributed by atoms with Crippen LogP contribution in [0.2, 0.25) is 0 Å².